The van der Waals surface area contributed by atoms with Gasteiger partial charge in [-0.25, -0.2) is 0 Å². The first-order chi connectivity index (χ1) is 9.63. The van der Waals surface area contributed by atoms with E-state index in [1.54, 1.807) is 29.4 Å². The third kappa shape index (κ3) is 2.64. The van der Waals surface area contributed by atoms with E-state index in [0.29, 0.717) is 12.3 Å². The average Bonchev–Trinajstić information content (AvgIpc) is 3.03. The molecule has 102 valence electrons. The van der Waals surface area contributed by atoms with E-state index in [0.717, 1.165) is 19.6 Å². The number of fused-ring (bicyclic) bond motifs is 1. The SMILES string of the molecule is CN(Cc1ccc(Br)s1)C(=O)c1cc2ccccc2o1. The van der Waals surface area contributed by atoms with Gasteiger partial charge in [0.1, 0.15) is 5.58 Å². The second kappa shape index (κ2) is 5.42. The molecule has 0 aliphatic carbocycles. The summed E-state index contributed by atoms with van der Waals surface area (Å²) in [6.07, 6.45) is 0. The summed E-state index contributed by atoms with van der Waals surface area (Å²) in [5, 5.41) is 0.947. The Labute approximate surface area is 128 Å². The van der Waals surface area contributed by atoms with Crippen molar-refractivity contribution in [3.63, 3.8) is 0 Å². The Hall–Kier alpha value is -1.59. The van der Waals surface area contributed by atoms with Gasteiger partial charge < -0.3 is 9.32 Å². The van der Waals surface area contributed by atoms with Gasteiger partial charge >= 0.3 is 0 Å². The lowest BCUT2D eigenvalue weighted by molar-refractivity contribution is 0.0757. The molecule has 3 rings (SSSR count). The summed E-state index contributed by atoms with van der Waals surface area (Å²) < 4.78 is 6.66. The summed E-state index contributed by atoms with van der Waals surface area (Å²) in [6, 6.07) is 13.4. The Morgan fingerprint density at radius 1 is 1.30 bits per heavy atom. The van der Waals surface area contributed by atoms with Crippen molar-refractivity contribution >= 4 is 44.1 Å². The van der Waals surface area contributed by atoms with Crippen LogP contribution in [0.15, 0.2) is 50.7 Å². The molecule has 1 amide bonds. The van der Waals surface area contributed by atoms with Crippen molar-refractivity contribution in [2.75, 3.05) is 7.05 Å². The highest BCUT2D eigenvalue weighted by Crippen LogP contribution is 2.24. The minimum atomic E-state index is -0.106. The zero-order valence-electron chi connectivity index (χ0n) is 10.8. The summed E-state index contributed by atoms with van der Waals surface area (Å²) in [7, 11) is 1.78. The summed E-state index contributed by atoms with van der Waals surface area (Å²) in [5.41, 5.74) is 0.739. The highest BCUT2D eigenvalue weighted by Gasteiger charge is 2.17. The zero-order valence-corrected chi connectivity index (χ0v) is 13.2. The molecule has 0 saturated carbocycles. The van der Waals surface area contributed by atoms with Crippen molar-refractivity contribution in [1.29, 1.82) is 0 Å². The molecule has 0 saturated heterocycles. The summed E-state index contributed by atoms with van der Waals surface area (Å²) in [4.78, 5) is 15.1. The number of rotatable bonds is 3. The summed E-state index contributed by atoms with van der Waals surface area (Å²) >= 11 is 5.05. The number of amides is 1. The highest BCUT2D eigenvalue weighted by molar-refractivity contribution is 9.11. The number of hydrogen-bond donors (Lipinski definition) is 0. The third-order valence-corrected chi connectivity index (χ3v) is 4.61. The van der Waals surface area contributed by atoms with Crippen LogP contribution < -0.4 is 0 Å². The van der Waals surface area contributed by atoms with Crippen LogP contribution in [0.3, 0.4) is 0 Å². The maximum atomic E-state index is 12.4. The number of para-hydroxylation sites is 1. The number of hydrogen-bond acceptors (Lipinski definition) is 3. The number of carbonyl (C=O) groups excluding carboxylic acids is 1. The van der Waals surface area contributed by atoms with E-state index in [2.05, 4.69) is 15.9 Å². The van der Waals surface area contributed by atoms with E-state index in [4.69, 9.17) is 4.42 Å². The number of halogens is 1. The molecule has 0 bridgehead atoms. The lowest BCUT2D eigenvalue weighted by Gasteiger charge is -2.14. The molecule has 5 heteroatoms. The first kappa shape index (κ1) is 13.4. The van der Waals surface area contributed by atoms with E-state index in [1.807, 2.05) is 36.4 Å². The minimum absolute atomic E-state index is 0.106. The second-order valence-corrected chi connectivity index (χ2v) is 7.06. The van der Waals surface area contributed by atoms with E-state index < -0.39 is 0 Å². The Morgan fingerprint density at radius 2 is 2.10 bits per heavy atom. The molecule has 0 aliphatic rings. The van der Waals surface area contributed by atoms with Crippen LogP contribution in [0.2, 0.25) is 0 Å². The Balaban J connectivity index is 1.80. The van der Waals surface area contributed by atoms with Crippen molar-refractivity contribution < 1.29 is 9.21 Å². The third-order valence-electron chi connectivity index (χ3n) is 3.00. The second-order valence-electron chi connectivity index (χ2n) is 4.52. The van der Waals surface area contributed by atoms with Crippen molar-refractivity contribution in [2.45, 2.75) is 6.54 Å². The van der Waals surface area contributed by atoms with Crippen LogP contribution in [0.5, 0.6) is 0 Å². The summed E-state index contributed by atoms with van der Waals surface area (Å²) in [5.74, 6) is 0.273. The molecule has 0 unspecified atom stereocenters. The van der Waals surface area contributed by atoms with Crippen molar-refractivity contribution in [1.82, 2.24) is 4.90 Å². The van der Waals surface area contributed by atoms with E-state index in [1.165, 1.54) is 0 Å². The predicted octanol–water partition coefficient (Wildman–Crippen LogP) is 4.53. The van der Waals surface area contributed by atoms with Crippen LogP contribution in [0.4, 0.5) is 0 Å². The molecule has 20 heavy (non-hydrogen) atoms. The number of carbonyl (C=O) groups is 1. The Kier molecular flexibility index (Phi) is 3.63. The minimum Gasteiger partial charge on any atom is -0.451 e. The molecule has 0 fully saturated rings. The van der Waals surface area contributed by atoms with Gasteiger partial charge in [-0.2, -0.15) is 0 Å². The van der Waals surface area contributed by atoms with Gasteiger partial charge in [-0.1, -0.05) is 18.2 Å². The van der Waals surface area contributed by atoms with Gasteiger partial charge in [-0.3, -0.25) is 4.79 Å². The highest BCUT2D eigenvalue weighted by atomic mass is 79.9. The fraction of sp³-hybridized carbons (Fsp3) is 0.133. The van der Waals surface area contributed by atoms with E-state index in [9.17, 15) is 4.79 Å². The van der Waals surface area contributed by atoms with E-state index >= 15 is 0 Å². The van der Waals surface area contributed by atoms with Crippen molar-refractivity contribution in [2.24, 2.45) is 0 Å². The molecular formula is C15H12BrNO2S. The fourth-order valence-corrected chi connectivity index (χ4v) is 3.55. The smallest absolute Gasteiger partial charge is 0.289 e. The quantitative estimate of drug-likeness (QED) is 0.695. The van der Waals surface area contributed by atoms with Crippen LogP contribution in [-0.4, -0.2) is 17.9 Å². The number of benzene rings is 1. The first-order valence-electron chi connectivity index (χ1n) is 6.12. The average molecular weight is 350 g/mol. The normalized spacial score (nSPS) is 10.9. The Morgan fingerprint density at radius 3 is 2.80 bits per heavy atom. The van der Waals surface area contributed by atoms with Gasteiger partial charge in [-0.15, -0.1) is 11.3 Å². The molecule has 0 atom stereocenters. The number of furan rings is 1. The fourth-order valence-electron chi connectivity index (χ4n) is 2.02. The van der Waals surface area contributed by atoms with Crippen molar-refractivity contribution in [3.05, 3.63) is 56.9 Å². The molecule has 0 radical (unpaired) electrons. The van der Waals surface area contributed by atoms with Crippen LogP contribution in [0, 0.1) is 0 Å². The zero-order chi connectivity index (χ0) is 14.1. The molecule has 0 spiro atoms. The maximum Gasteiger partial charge on any atom is 0.289 e. The van der Waals surface area contributed by atoms with Gasteiger partial charge in [0.15, 0.2) is 5.76 Å². The number of nitrogens with zero attached hydrogens (tertiary/aromatic N) is 1. The lowest BCUT2D eigenvalue weighted by atomic mass is 10.2. The Bertz CT molecular complexity index is 729. The van der Waals surface area contributed by atoms with Crippen LogP contribution in [0.25, 0.3) is 11.0 Å². The van der Waals surface area contributed by atoms with Gasteiger partial charge in [0, 0.05) is 17.3 Å². The number of thiophene rings is 1. The van der Waals surface area contributed by atoms with Crippen LogP contribution in [-0.2, 0) is 6.54 Å². The summed E-state index contributed by atoms with van der Waals surface area (Å²) in [6.45, 7) is 0.576. The largest absolute Gasteiger partial charge is 0.451 e. The van der Waals surface area contributed by atoms with Crippen molar-refractivity contribution in [3.8, 4) is 0 Å². The van der Waals surface area contributed by atoms with Gasteiger partial charge in [0.25, 0.3) is 5.91 Å². The standard InChI is InChI=1S/C15H12BrNO2S/c1-17(9-11-6-7-14(16)20-11)15(18)13-8-10-4-2-3-5-12(10)19-13/h2-8H,9H2,1H3. The topological polar surface area (TPSA) is 33.5 Å². The molecule has 2 heterocycles. The molecular weight excluding hydrogens is 338 g/mol. The molecule has 3 aromatic rings. The van der Waals surface area contributed by atoms with E-state index in [-0.39, 0.29) is 5.91 Å². The maximum absolute atomic E-state index is 12.4. The molecule has 3 nitrogen and oxygen atoms in total. The molecule has 1 aromatic carbocycles. The molecule has 0 aliphatic heterocycles. The first-order valence-corrected chi connectivity index (χ1v) is 7.73. The lowest BCUT2D eigenvalue weighted by Crippen LogP contribution is -2.25. The van der Waals surface area contributed by atoms with Gasteiger partial charge in [0.05, 0.1) is 10.3 Å². The molecule has 0 N–H and O–H groups in total. The molecule has 2 aromatic heterocycles. The predicted molar refractivity (Wildman–Crippen MR) is 84.0 cm³/mol. The van der Waals surface area contributed by atoms with Crippen LogP contribution >= 0.6 is 27.3 Å². The monoisotopic (exact) mass is 349 g/mol. The van der Waals surface area contributed by atoms with Gasteiger partial charge in [0.2, 0.25) is 0 Å². The van der Waals surface area contributed by atoms with Gasteiger partial charge in [-0.05, 0) is 40.2 Å². The van der Waals surface area contributed by atoms with Crippen LogP contribution in [0.1, 0.15) is 15.4 Å².